The molecule has 4 rings (SSSR count). The molecule has 2 aromatic carbocycles. The molecule has 1 aliphatic rings. The second-order valence-corrected chi connectivity index (χ2v) is 7.30. The molecule has 1 aromatic heterocycles. The molecule has 1 aliphatic heterocycles. The molecule has 150 valence electrons. The van der Waals surface area contributed by atoms with Crippen molar-refractivity contribution in [2.75, 3.05) is 29.1 Å². The van der Waals surface area contributed by atoms with Gasteiger partial charge in [0.05, 0.1) is 12.4 Å². The van der Waals surface area contributed by atoms with Crippen molar-refractivity contribution in [1.29, 1.82) is 0 Å². The topological polar surface area (TPSA) is 72.3 Å². The fourth-order valence-electron chi connectivity index (χ4n) is 3.08. The third-order valence-electron chi connectivity index (χ3n) is 4.41. The Labute approximate surface area is 171 Å². The number of aromatic nitrogens is 3. The standard InChI is InChI=1S/C20H20FN5O2S/c1-2-28-17-9-7-16(8-10-17)25-11-12-26-19(25)23-24-20(26)29-13-18(27)22-15-5-3-14(21)4-6-15/h3-10H,2,11-13H2,1H3,(H,22,27). The van der Waals surface area contributed by atoms with Crippen LogP contribution in [0.4, 0.5) is 21.7 Å². The molecule has 0 unspecified atom stereocenters. The monoisotopic (exact) mass is 413 g/mol. The average molecular weight is 413 g/mol. The van der Waals surface area contributed by atoms with Gasteiger partial charge in [0.15, 0.2) is 5.16 Å². The van der Waals surface area contributed by atoms with Crippen LogP contribution in [0.3, 0.4) is 0 Å². The van der Waals surface area contributed by atoms with Gasteiger partial charge >= 0.3 is 0 Å². The number of amides is 1. The zero-order valence-corrected chi connectivity index (χ0v) is 16.7. The van der Waals surface area contributed by atoms with Gasteiger partial charge in [-0.05, 0) is 55.5 Å². The Bertz CT molecular complexity index is 991. The Morgan fingerprint density at radius 3 is 2.62 bits per heavy atom. The summed E-state index contributed by atoms with van der Waals surface area (Å²) in [6.07, 6.45) is 0. The molecule has 7 nitrogen and oxygen atoms in total. The third-order valence-corrected chi connectivity index (χ3v) is 5.37. The van der Waals surface area contributed by atoms with E-state index in [2.05, 4.69) is 20.4 Å². The number of fused-ring (bicyclic) bond motifs is 1. The second kappa shape index (κ2) is 8.52. The zero-order chi connectivity index (χ0) is 20.2. The van der Waals surface area contributed by atoms with Crippen LogP contribution in [-0.2, 0) is 11.3 Å². The summed E-state index contributed by atoms with van der Waals surface area (Å²) >= 11 is 1.33. The lowest BCUT2D eigenvalue weighted by Gasteiger charge is -2.15. The number of ether oxygens (including phenoxy) is 1. The highest BCUT2D eigenvalue weighted by Crippen LogP contribution is 2.32. The van der Waals surface area contributed by atoms with Crippen molar-refractivity contribution in [3.05, 3.63) is 54.3 Å². The number of thioether (sulfide) groups is 1. The van der Waals surface area contributed by atoms with Gasteiger partial charge in [-0.3, -0.25) is 9.36 Å². The van der Waals surface area contributed by atoms with Crippen molar-refractivity contribution < 1.29 is 13.9 Å². The van der Waals surface area contributed by atoms with Gasteiger partial charge < -0.3 is 15.0 Å². The normalized spacial score (nSPS) is 12.7. The van der Waals surface area contributed by atoms with E-state index in [4.69, 9.17) is 4.74 Å². The van der Waals surface area contributed by atoms with Crippen LogP contribution in [-0.4, -0.2) is 39.6 Å². The molecule has 0 bridgehead atoms. The second-order valence-electron chi connectivity index (χ2n) is 6.36. The molecule has 0 aliphatic carbocycles. The molecule has 0 fully saturated rings. The summed E-state index contributed by atoms with van der Waals surface area (Å²) in [6, 6.07) is 13.5. The first-order valence-electron chi connectivity index (χ1n) is 9.26. The van der Waals surface area contributed by atoms with E-state index in [1.165, 1.54) is 36.0 Å². The van der Waals surface area contributed by atoms with E-state index in [0.717, 1.165) is 30.5 Å². The van der Waals surface area contributed by atoms with Gasteiger partial charge in [0.25, 0.3) is 0 Å². The molecular weight excluding hydrogens is 393 g/mol. The van der Waals surface area contributed by atoms with Crippen LogP contribution in [0, 0.1) is 5.82 Å². The summed E-state index contributed by atoms with van der Waals surface area (Å²) in [6.45, 7) is 4.12. The van der Waals surface area contributed by atoms with Crippen molar-refractivity contribution in [3.63, 3.8) is 0 Å². The van der Waals surface area contributed by atoms with Crippen molar-refractivity contribution in [2.24, 2.45) is 0 Å². The summed E-state index contributed by atoms with van der Waals surface area (Å²) in [4.78, 5) is 14.2. The molecule has 1 amide bonds. The van der Waals surface area contributed by atoms with Gasteiger partial charge in [0.1, 0.15) is 11.6 Å². The number of carbonyl (C=O) groups is 1. The van der Waals surface area contributed by atoms with Gasteiger partial charge in [-0.1, -0.05) is 11.8 Å². The molecule has 29 heavy (non-hydrogen) atoms. The number of rotatable bonds is 7. The lowest BCUT2D eigenvalue weighted by molar-refractivity contribution is -0.113. The summed E-state index contributed by atoms with van der Waals surface area (Å²) in [7, 11) is 0. The molecule has 0 saturated heterocycles. The van der Waals surface area contributed by atoms with E-state index in [-0.39, 0.29) is 17.5 Å². The summed E-state index contributed by atoms with van der Waals surface area (Å²) in [5.41, 5.74) is 1.58. The highest BCUT2D eigenvalue weighted by Gasteiger charge is 2.26. The SMILES string of the molecule is CCOc1ccc(N2CCn3c(SCC(=O)Nc4ccc(F)cc4)nnc32)cc1. The number of anilines is 3. The number of carbonyl (C=O) groups excluding carboxylic acids is 1. The molecule has 1 N–H and O–H groups in total. The molecule has 9 heteroatoms. The van der Waals surface area contributed by atoms with Crippen molar-refractivity contribution in [2.45, 2.75) is 18.6 Å². The summed E-state index contributed by atoms with van der Waals surface area (Å²) in [5, 5.41) is 12.0. The Balaban J connectivity index is 1.38. The minimum atomic E-state index is -0.339. The van der Waals surface area contributed by atoms with E-state index in [1.807, 2.05) is 35.8 Å². The Kier molecular flexibility index (Phi) is 5.66. The van der Waals surface area contributed by atoms with Crippen LogP contribution in [0.15, 0.2) is 53.7 Å². The first-order valence-corrected chi connectivity index (χ1v) is 10.2. The highest BCUT2D eigenvalue weighted by molar-refractivity contribution is 7.99. The van der Waals surface area contributed by atoms with Gasteiger partial charge in [-0.15, -0.1) is 10.2 Å². The molecule has 0 spiro atoms. The lowest BCUT2D eigenvalue weighted by atomic mass is 10.3. The van der Waals surface area contributed by atoms with E-state index < -0.39 is 0 Å². The van der Waals surface area contributed by atoms with Crippen LogP contribution >= 0.6 is 11.8 Å². The molecule has 0 saturated carbocycles. The van der Waals surface area contributed by atoms with Crippen LogP contribution in [0.1, 0.15) is 6.92 Å². The first-order chi connectivity index (χ1) is 14.1. The van der Waals surface area contributed by atoms with Gasteiger partial charge in [-0.25, -0.2) is 4.39 Å². The Morgan fingerprint density at radius 2 is 1.90 bits per heavy atom. The van der Waals surface area contributed by atoms with E-state index in [0.29, 0.717) is 17.5 Å². The summed E-state index contributed by atoms with van der Waals surface area (Å²) < 4.78 is 20.4. The fourth-order valence-corrected chi connectivity index (χ4v) is 3.84. The molecule has 0 atom stereocenters. The number of benzene rings is 2. The lowest BCUT2D eigenvalue weighted by Crippen LogP contribution is -2.14. The first kappa shape index (κ1) is 19.3. The molecule has 3 aromatic rings. The van der Waals surface area contributed by atoms with Gasteiger partial charge in [0.2, 0.25) is 11.9 Å². The number of nitrogens with one attached hydrogen (secondary N) is 1. The van der Waals surface area contributed by atoms with Crippen LogP contribution in [0.5, 0.6) is 5.75 Å². The highest BCUT2D eigenvalue weighted by atomic mass is 32.2. The number of halogens is 1. The molecule has 2 heterocycles. The minimum Gasteiger partial charge on any atom is -0.494 e. The number of hydrogen-bond acceptors (Lipinski definition) is 6. The predicted molar refractivity (Wildman–Crippen MR) is 110 cm³/mol. The Hall–Kier alpha value is -3.07. The quantitative estimate of drug-likeness (QED) is 0.596. The smallest absolute Gasteiger partial charge is 0.234 e. The average Bonchev–Trinajstić information content (AvgIpc) is 3.31. The van der Waals surface area contributed by atoms with Crippen LogP contribution in [0.25, 0.3) is 0 Å². The van der Waals surface area contributed by atoms with Crippen LogP contribution in [0.2, 0.25) is 0 Å². The number of hydrogen-bond donors (Lipinski definition) is 1. The fraction of sp³-hybridized carbons (Fsp3) is 0.250. The number of nitrogens with zero attached hydrogens (tertiary/aromatic N) is 4. The maximum atomic E-state index is 12.9. The van der Waals surface area contributed by atoms with Crippen molar-refractivity contribution in [1.82, 2.24) is 14.8 Å². The van der Waals surface area contributed by atoms with Crippen LogP contribution < -0.4 is 15.0 Å². The largest absolute Gasteiger partial charge is 0.494 e. The van der Waals surface area contributed by atoms with E-state index >= 15 is 0 Å². The van der Waals surface area contributed by atoms with Gasteiger partial charge in [-0.2, -0.15) is 0 Å². The maximum absolute atomic E-state index is 12.9. The molecule has 0 radical (unpaired) electrons. The van der Waals surface area contributed by atoms with E-state index in [9.17, 15) is 9.18 Å². The minimum absolute atomic E-state index is 0.180. The van der Waals surface area contributed by atoms with Crippen molar-refractivity contribution >= 4 is 35.0 Å². The predicted octanol–water partition coefficient (Wildman–Crippen LogP) is 3.70. The Morgan fingerprint density at radius 1 is 1.14 bits per heavy atom. The maximum Gasteiger partial charge on any atom is 0.234 e. The molecular formula is C20H20FN5O2S. The summed E-state index contributed by atoms with van der Waals surface area (Å²) in [5.74, 6) is 1.27. The van der Waals surface area contributed by atoms with E-state index in [1.54, 1.807) is 0 Å². The van der Waals surface area contributed by atoms with Crippen molar-refractivity contribution in [3.8, 4) is 5.75 Å². The van der Waals surface area contributed by atoms with Gasteiger partial charge in [0, 0.05) is 24.5 Å². The third kappa shape index (κ3) is 4.34. The zero-order valence-electron chi connectivity index (χ0n) is 15.8.